The molecular weight excluding hydrogens is 290 g/mol. The lowest BCUT2D eigenvalue weighted by molar-refractivity contribution is 0.0701. The van der Waals surface area contributed by atoms with Crippen LogP contribution in [0.15, 0.2) is 24.3 Å². The van der Waals surface area contributed by atoms with E-state index in [1.807, 2.05) is 0 Å². The average molecular weight is 315 g/mol. The largest absolute Gasteiger partial charge is 0.377 e. The van der Waals surface area contributed by atoms with Gasteiger partial charge in [-0.05, 0) is 37.0 Å². The lowest BCUT2D eigenvalue weighted by atomic mass is 10.1. The fourth-order valence-electron chi connectivity index (χ4n) is 2.94. The molecule has 0 bridgehead atoms. The van der Waals surface area contributed by atoms with Crippen molar-refractivity contribution < 1.29 is 4.74 Å². The van der Waals surface area contributed by atoms with Gasteiger partial charge in [-0.1, -0.05) is 29.8 Å². The van der Waals surface area contributed by atoms with Crippen LogP contribution in [0.5, 0.6) is 0 Å². The first-order valence-corrected chi connectivity index (χ1v) is 8.31. The van der Waals surface area contributed by atoms with Gasteiger partial charge in [0.2, 0.25) is 0 Å². The predicted molar refractivity (Wildman–Crippen MR) is 87.9 cm³/mol. The van der Waals surface area contributed by atoms with E-state index in [1.54, 1.807) is 7.05 Å². The summed E-state index contributed by atoms with van der Waals surface area (Å²) in [7, 11) is 1.80. The molecule has 2 aromatic rings. The van der Waals surface area contributed by atoms with E-state index in [0.717, 1.165) is 44.9 Å². The summed E-state index contributed by atoms with van der Waals surface area (Å²) in [5, 5.41) is 12.3. The zero-order chi connectivity index (χ0) is 16.1. The minimum Gasteiger partial charge on any atom is -0.377 e. The van der Waals surface area contributed by atoms with Crippen molar-refractivity contribution in [3.8, 4) is 0 Å². The van der Waals surface area contributed by atoms with E-state index in [0.29, 0.717) is 6.10 Å². The Morgan fingerprint density at radius 3 is 2.78 bits per heavy atom. The van der Waals surface area contributed by atoms with Gasteiger partial charge in [-0.15, -0.1) is 10.2 Å². The van der Waals surface area contributed by atoms with Crippen LogP contribution in [0.25, 0.3) is 0 Å². The molecule has 1 aromatic heterocycles. The van der Waals surface area contributed by atoms with Gasteiger partial charge < -0.3 is 4.74 Å². The highest BCUT2D eigenvalue weighted by Gasteiger charge is 2.20. The van der Waals surface area contributed by atoms with E-state index >= 15 is 0 Å². The number of nitrogens with zero attached hydrogens (tertiary/aromatic N) is 5. The minimum atomic E-state index is 0.338. The van der Waals surface area contributed by atoms with E-state index in [4.69, 9.17) is 4.74 Å². The number of hydrogen-bond donors (Lipinski definition) is 0. The number of tetrazole rings is 1. The Kier molecular flexibility index (Phi) is 5.35. The van der Waals surface area contributed by atoms with E-state index in [1.165, 1.54) is 22.3 Å². The third-order valence-corrected chi connectivity index (χ3v) is 4.24. The van der Waals surface area contributed by atoms with Gasteiger partial charge in [0.1, 0.15) is 0 Å². The molecule has 0 spiro atoms. The monoisotopic (exact) mass is 315 g/mol. The Balaban J connectivity index is 1.60. The fraction of sp³-hybridized carbons (Fsp3) is 0.588. The van der Waals surface area contributed by atoms with Crippen molar-refractivity contribution in [3.05, 3.63) is 41.2 Å². The van der Waals surface area contributed by atoms with Gasteiger partial charge in [-0.25, -0.2) is 0 Å². The van der Waals surface area contributed by atoms with Crippen LogP contribution in [-0.4, -0.2) is 50.9 Å². The number of hydrogen-bond acceptors (Lipinski definition) is 5. The fourth-order valence-corrected chi connectivity index (χ4v) is 2.94. The highest BCUT2D eigenvalue weighted by molar-refractivity contribution is 5.21. The predicted octanol–water partition coefficient (Wildman–Crippen LogP) is 1.74. The lowest BCUT2D eigenvalue weighted by Crippen LogP contribution is -2.33. The Morgan fingerprint density at radius 1 is 1.30 bits per heavy atom. The second-order valence-electron chi connectivity index (χ2n) is 6.30. The molecule has 0 aliphatic carbocycles. The number of aryl methyl sites for hydroxylation is 2. The summed E-state index contributed by atoms with van der Waals surface area (Å²) >= 11 is 0. The summed E-state index contributed by atoms with van der Waals surface area (Å²) in [5.74, 6) is 0.773. The molecular formula is C17H25N5O. The molecule has 1 atom stereocenters. The number of benzene rings is 1. The van der Waals surface area contributed by atoms with Crippen LogP contribution in [0.2, 0.25) is 0 Å². The highest BCUT2D eigenvalue weighted by atomic mass is 16.5. The molecule has 23 heavy (non-hydrogen) atoms. The van der Waals surface area contributed by atoms with Gasteiger partial charge >= 0.3 is 0 Å². The Morgan fingerprint density at radius 2 is 2.13 bits per heavy atom. The Bertz CT molecular complexity index is 604. The first-order valence-electron chi connectivity index (χ1n) is 8.31. The zero-order valence-electron chi connectivity index (χ0n) is 14.0. The van der Waals surface area contributed by atoms with Crippen molar-refractivity contribution in [3.63, 3.8) is 0 Å². The SMILES string of the molecule is Cc1ccc(CCN(Cc2nnn(C)n2)CC2CCCO2)cc1. The molecule has 1 saturated heterocycles. The maximum Gasteiger partial charge on any atom is 0.188 e. The molecule has 0 saturated carbocycles. The minimum absolute atomic E-state index is 0.338. The second kappa shape index (κ2) is 7.66. The van der Waals surface area contributed by atoms with Gasteiger partial charge in [0.05, 0.1) is 19.7 Å². The van der Waals surface area contributed by atoms with Crippen molar-refractivity contribution in [2.45, 2.75) is 38.8 Å². The number of aromatic nitrogens is 4. The first-order chi connectivity index (χ1) is 11.2. The normalized spacial score (nSPS) is 18.0. The van der Waals surface area contributed by atoms with Crippen molar-refractivity contribution in [1.82, 2.24) is 25.1 Å². The van der Waals surface area contributed by atoms with E-state index in [9.17, 15) is 0 Å². The van der Waals surface area contributed by atoms with Crippen LogP contribution in [0.3, 0.4) is 0 Å². The average Bonchev–Trinajstić information content (AvgIpc) is 3.18. The second-order valence-corrected chi connectivity index (χ2v) is 6.30. The van der Waals surface area contributed by atoms with E-state index in [2.05, 4.69) is 51.5 Å². The van der Waals surface area contributed by atoms with Gasteiger partial charge in [0.15, 0.2) is 5.82 Å². The number of ether oxygens (including phenoxy) is 1. The first kappa shape index (κ1) is 16.1. The van der Waals surface area contributed by atoms with Crippen molar-refractivity contribution in [2.24, 2.45) is 7.05 Å². The summed E-state index contributed by atoms with van der Waals surface area (Å²) < 4.78 is 5.79. The third-order valence-electron chi connectivity index (χ3n) is 4.24. The molecule has 1 fully saturated rings. The van der Waals surface area contributed by atoms with Crippen molar-refractivity contribution in [1.29, 1.82) is 0 Å². The quantitative estimate of drug-likeness (QED) is 0.779. The molecule has 2 heterocycles. The van der Waals surface area contributed by atoms with Crippen LogP contribution in [0, 0.1) is 6.92 Å². The zero-order valence-corrected chi connectivity index (χ0v) is 14.0. The molecule has 6 nitrogen and oxygen atoms in total. The molecule has 0 radical (unpaired) electrons. The Hall–Kier alpha value is -1.79. The summed E-state index contributed by atoms with van der Waals surface area (Å²) in [6, 6.07) is 8.76. The molecule has 1 aliphatic rings. The van der Waals surface area contributed by atoms with E-state index in [-0.39, 0.29) is 0 Å². The van der Waals surface area contributed by atoms with Crippen LogP contribution in [0.4, 0.5) is 0 Å². The molecule has 124 valence electrons. The van der Waals surface area contributed by atoms with Gasteiger partial charge in [-0.2, -0.15) is 4.80 Å². The van der Waals surface area contributed by atoms with Gasteiger partial charge in [-0.3, -0.25) is 4.90 Å². The molecule has 0 N–H and O–H groups in total. The topological polar surface area (TPSA) is 56.1 Å². The van der Waals surface area contributed by atoms with Crippen LogP contribution in [-0.2, 0) is 24.8 Å². The standard InChI is InChI=1S/C17H25N5O/c1-14-5-7-15(8-6-14)9-10-22(12-16-4-3-11-23-16)13-17-18-20-21(2)19-17/h5-8,16H,3-4,9-13H2,1-2H3. The maximum absolute atomic E-state index is 5.79. The summed E-state index contributed by atoms with van der Waals surface area (Å²) in [4.78, 5) is 3.90. The molecule has 1 aromatic carbocycles. The third kappa shape index (κ3) is 4.84. The van der Waals surface area contributed by atoms with Crippen molar-refractivity contribution >= 4 is 0 Å². The summed E-state index contributed by atoms with van der Waals surface area (Å²) in [5.41, 5.74) is 2.66. The van der Waals surface area contributed by atoms with Gasteiger partial charge in [0.25, 0.3) is 0 Å². The van der Waals surface area contributed by atoms with Crippen molar-refractivity contribution in [2.75, 3.05) is 19.7 Å². The van der Waals surface area contributed by atoms with Crippen LogP contribution < -0.4 is 0 Å². The lowest BCUT2D eigenvalue weighted by Gasteiger charge is -2.23. The smallest absolute Gasteiger partial charge is 0.188 e. The molecule has 3 rings (SSSR count). The summed E-state index contributed by atoms with van der Waals surface area (Å²) in [6.07, 6.45) is 3.67. The van der Waals surface area contributed by atoms with Gasteiger partial charge in [0, 0.05) is 19.7 Å². The Labute approximate surface area is 137 Å². The summed E-state index contributed by atoms with van der Waals surface area (Å²) in [6.45, 7) is 5.64. The molecule has 0 amide bonds. The molecule has 1 unspecified atom stereocenters. The highest BCUT2D eigenvalue weighted by Crippen LogP contribution is 2.15. The molecule has 1 aliphatic heterocycles. The number of rotatable bonds is 7. The van der Waals surface area contributed by atoms with E-state index < -0.39 is 0 Å². The van der Waals surface area contributed by atoms with Crippen LogP contribution in [0.1, 0.15) is 29.8 Å². The maximum atomic E-state index is 5.79. The molecule has 6 heteroatoms. The van der Waals surface area contributed by atoms with Crippen LogP contribution >= 0.6 is 0 Å².